The van der Waals surface area contributed by atoms with E-state index in [0.29, 0.717) is 5.56 Å². The molecular weight excluding hydrogens is 231 g/mol. The summed E-state index contributed by atoms with van der Waals surface area (Å²) in [6.45, 7) is 1.75. The van der Waals surface area contributed by atoms with Crippen molar-refractivity contribution in [1.29, 1.82) is 0 Å². The molecule has 0 aliphatic heterocycles. The number of rotatable bonds is 4. The van der Waals surface area contributed by atoms with Crippen LogP contribution in [0.3, 0.4) is 0 Å². The molecule has 6 heteroatoms. The third-order valence-electron chi connectivity index (χ3n) is 2.01. The van der Waals surface area contributed by atoms with Gasteiger partial charge in [0, 0.05) is 14.2 Å². The van der Waals surface area contributed by atoms with Crippen LogP contribution in [0, 0.1) is 6.92 Å². The molecule has 0 amide bonds. The maximum Gasteiger partial charge on any atom is 0.531 e. The Labute approximate surface area is 93.9 Å². The highest BCUT2D eigenvalue weighted by Crippen LogP contribution is 2.48. The molecule has 5 nitrogen and oxygen atoms in total. The Hall–Kier alpha value is -1.16. The van der Waals surface area contributed by atoms with Gasteiger partial charge in [-0.25, -0.2) is 9.36 Å². The first-order valence-electron chi connectivity index (χ1n) is 4.53. The molecule has 0 saturated heterocycles. The van der Waals surface area contributed by atoms with Crippen molar-refractivity contribution in [1.82, 2.24) is 0 Å². The summed E-state index contributed by atoms with van der Waals surface area (Å²) < 4.78 is 25.3. The maximum atomic E-state index is 11.6. The normalized spacial score (nSPS) is 11.2. The first kappa shape index (κ1) is 12.9. The molecule has 16 heavy (non-hydrogen) atoms. The molecule has 0 radical (unpaired) electrons. The zero-order valence-electron chi connectivity index (χ0n) is 9.30. The third-order valence-corrected chi connectivity index (χ3v) is 3.29. The first-order valence-corrected chi connectivity index (χ1v) is 5.99. The number of hydrogen-bond donors (Lipinski definition) is 0. The molecule has 0 aromatic heterocycles. The SMILES string of the molecule is COP(=O)(OC)OC(=O)c1ccccc1C. The van der Waals surface area contributed by atoms with Gasteiger partial charge in [-0.3, -0.25) is 9.05 Å². The molecule has 1 aromatic carbocycles. The smallest absolute Gasteiger partial charge is 0.367 e. The summed E-state index contributed by atoms with van der Waals surface area (Å²) in [5.74, 6) is -0.731. The van der Waals surface area contributed by atoms with Crippen LogP contribution in [-0.4, -0.2) is 20.2 Å². The van der Waals surface area contributed by atoms with E-state index in [4.69, 9.17) is 0 Å². The van der Waals surface area contributed by atoms with Gasteiger partial charge in [0.2, 0.25) is 0 Å². The van der Waals surface area contributed by atoms with Crippen LogP contribution in [0.1, 0.15) is 15.9 Å². The Morgan fingerprint density at radius 2 is 1.75 bits per heavy atom. The van der Waals surface area contributed by atoms with E-state index >= 15 is 0 Å². The molecule has 1 aromatic rings. The molecule has 0 saturated carbocycles. The topological polar surface area (TPSA) is 61.8 Å². The highest BCUT2D eigenvalue weighted by atomic mass is 31.2. The Bertz CT molecular complexity index is 421. The standard InChI is InChI=1S/C10H13O5P/c1-8-6-4-5-7-9(8)10(11)15-16(12,13-2)14-3/h4-7H,1-3H3. The second-order valence-electron chi connectivity index (χ2n) is 3.01. The Morgan fingerprint density at radius 1 is 1.19 bits per heavy atom. The molecule has 0 atom stereocenters. The summed E-state index contributed by atoms with van der Waals surface area (Å²) in [7, 11) is -1.48. The van der Waals surface area contributed by atoms with Gasteiger partial charge in [-0.2, -0.15) is 0 Å². The predicted octanol–water partition coefficient (Wildman–Crippen LogP) is 2.55. The third kappa shape index (κ3) is 2.92. The lowest BCUT2D eigenvalue weighted by Crippen LogP contribution is -2.07. The van der Waals surface area contributed by atoms with Crippen LogP contribution in [0.4, 0.5) is 0 Å². The van der Waals surface area contributed by atoms with Crippen molar-refractivity contribution in [2.45, 2.75) is 6.92 Å². The minimum Gasteiger partial charge on any atom is -0.367 e. The maximum absolute atomic E-state index is 11.6. The lowest BCUT2D eigenvalue weighted by atomic mass is 10.1. The number of phosphoric acid groups is 1. The summed E-state index contributed by atoms with van der Waals surface area (Å²) in [4.78, 5) is 11.6. The highest BCUT2D eigenvalue weighted by Gasteiger charge is 2.28. The van der Waals surface area contributed by atoms with Gasteiger partial charge in [0.25, 0.3) is 0 Å². The number of phosphoric ester groups is 1. The number of hydrogen-bond acceptors (Lipinski definition) is 5. The van der Waals surface area contributed by atoms with Gasteiger partial charge in [0.05, 0.1) is 5.56 Å². The fourth-order valence-electron chi connectivity index (χ4n) is 1.10. The first-order chi connectivity index (χ1) is 7.52. The van der Waals surface area contributed by atoms with Crippen LogP contribution in [0.2, 0.25) is 0 Å². The summed E-state index contributed by atoms with van der Waals surface area (Å²) in [6.07, 6.45) is 0. The fraction of sp³-hybridized carbons (Fsp3) is 0.300. The number of carbonyl (C=O) groups is 1. The molecule has 1 rings (SSSR count). The van der Waals surface area contributed by atoms with Crippen LogP contribution in [0.5, 0.6) is 0 Å². The molecule has 0 heterocycles. The average molecular weight is 244 g/mol. The monoisotopic (exact) mass is 244 g/mol. The Kier molecular flexibility index (Phi) is 4.24. The second-order valence-corrected chi connectivity index (χ2v) is 4.81. The van der Waals surface area contributed by atoms with Gasteiger partial charge in [-0.15, -0.1) is 0 Å². The summed E-state index contributed by atoms with van der Waals surface area (Å²) in [5.41, 5.74) is 1.06. The van der Waals surface area contributed by atoms with E-state index in [1.807, 2.05) is 0 Å². The molecule has 0 N–H and O–H groups in total. The van der Waals surface area contributed by atoms with E-state index in [-0.39, 0.29) is 0 Å². The van der Waals surface area contributed by atoms with E-state index in [9.17, 15) is 9.36 Å². The van der Waals surface area contributed by atoms with Crippen LogP contribution in [-0.2, 0) is 18.1 Å². The molecule has 0 aliphatic carbocycles. The van der Waals surface area contributed by atoms with Crippen LogP contribution in [0.15, 0.2) is 24.3 Å². The van der Waals surface area contributed by atoms with Crippen LogP contribution >= 0.6 is 7.82 Å². The summed E-state index contributed by atoms with van der Waals surface area (Å²) >= 11 is 0. The molecule has 0 bridgehead atoms. The average Bonchev–Trinajstić information content (AvgIpc) is 2.29. The van der Waals surface area contributed by atoms with Crippen molar-refractivity contribution < 1.29 is 22.9 Å². The van der Waals surface area contributed by atoms with Gasteiger partial charge in [-0.05, 0) is 18.6 Å². The molecule has 0 unspecified atom stereocenters. The van der Waals surface area contributed by atoms with Crippen molar-refractivity contribution in [2.24, 2.45) is 0 Å². The fourth-order valence-corrected chi connectivity index (χ4v) is 1.70. The predicted molar refractivity (Wildman–Crippen MR) is 58.2 cm³/mol. The summed E-state index contributed by atoms with van der Waals surface area (Å²) in [6, 6.07) is 6.81. The lowest BCUT2D eigenvalue weighted by Gasteiger charge is -2.13. The quantitative estimate of drug-likeness (QED) is 0.761. The number of carbonyl (C=O) groups excluding carboxylic acids is 1. The Morgan fingerprint density at radius 3 is 2.25 bits per heavy atom. The zero-order valence-corrected chi connectivity index (χ0v) is 10.2. The highest BCUT2D eigenvalue weighted by molar-refractivity contribution is 7.49. The van der Waals surface area contributed by atoms with E-state index in [1.165, 1.54) is 0 Å². The minimum absolute atomic E-state index is 0.330. The number of benzene rings is 1. The van der Waals surface area contributed by atoms with Crippen molar-refractivity contribution in [3.63, 3.8) is 0 Å². The van der Waals surface area contributed by atoms with E-state index < -0.39 is 13.8 Å². The van der Waals surface area contributed by atoms with E-state index in [2.05, 4.69) is 13.6 Å². The zero-order chi connectivity index (χ0) is 12.2. The molecular formula is C10H13O5P. The second kappa shape index (κ2) is 5.25. The van der Waals surface area contributed by atoms with E-state index in [1.54, 1.807) is 31.2 Å². The van der Waals surface area contributed by atoms with Crippen molar-refractivity contribution in [2.75, 3.05) is 14.2 Å². The van der Waals surface area contributed by atoms with Gasteiger partial charge in [0.1, 0.15) is 0 Å². The molecule has 0 fully saturated rings. The van der Waals surface area contributed by atoms with Crippen LogP contribution in [0.25, 0.3) is 0 Å². The van der Waals surface area contributed by atoms with Crippen molar-refractivity contribution in [3.8, 4) is 0 Å². The molecule has 0 aliphatic rings. The number of aryl methyl sites for hydroxylation is 1. The van der Waals surface area contributed by atoms with Gasteiger partial charge in [-0.1, -0.05) is 18.2 Å². The van der Waals surface area contributed by atoms with Gasteiger partial charge in [0.15, 0.2) is 0 Å². The Balaban J connectivity index is 2.89. The summed E-state index contributed by atoms with van der Waals surface area (Å²) in [5, 5.41) is 0. The van der Waals surface area contributed by atoms with Gasteiger partial charge >= 0.3 is 13.8 Å². The molecule has 0 spiro atoms. The minimum atomic E-state index is -3.77. The van der Waals surface area contributed by atoms with Crippen molar-refractivity contribution >= 4 is 13.8 Å². The van der Waals surface area contributed by atoms with Crippen LogP contribution < -0.4 is 0 Å². The largest absolute Gasteiger partial charge is 0.531 e. The lowest BCUT2D eigenvalue weighted by molar-refractivity contribution is 0.0641. The van der Waals surface area contributed by atoms with Crippen molar-refractivity contribution in [3.05, 3.63) is 35.4 Å². The molecule has 88 valence electrons. The van der Waals surface area contributed by atoms with E-state index in [0.717, 1.165) is 19.8 Å². The van der Waals surface area contributed by atoms with Gasteiger partial charge < -0.3 is 4.52 Å².